The van der Waals surface area contributed by atoms with E-state index in [1.165, 1.54) is 24.3 Å². The maximum Gasteiger partial charge on any atom is 0.409 e. The average molecular weight is 433 g/mol. The van der Waals surface area contributed by atoms with E-state index < -0.39 is 22.0 Å². The number of hydrogen-bond acceptors (Lipinski definition) is 6. The predicted molar refractivity (Wildman–Crippen MR) is 90.7 cm³/mol. The lowest BCUT2D eigenvalue weighted by atomic mass is 10.2. The van der Waals surface area contributed by atoms with Crippen molar-refractivity contribution in [1.29, 1.82) is 0 Å². The number of carbonyl (C=O) groups excluding carboxylic acids is 1. The Labute approximate surface area is 152 Å². The first kappa shape index (κ1) is 19.3. The Balaban J connectivity index is 1.88. The minimum atomic E-state index is -3.91. The van der Waals surface area contributed by atoms with Crippen molar-refractivity contribution in [2.45, 2.75) is 11.4 Å². The molecule has 25 heavy (non-hydrogen) atoms. The fourth-order valence-electron chi connectivity index (χ4n) is 1.83. The normalized spacial score (nSPS) is 11.3. The zero-order valence-electron chi connectivity index (χ0n) is 12.7. The second-order valence-electron chi connectivity index (χ2n) is 4.77. The number of carbonyl (C=O) groups is 1. The lowest BCUT2D eigenvalue weighted by molar-refractivity contribution is 0.210. The van der Waals surface area contributed by atoms with Crippen LogP contribution in [0.1, 0.15) is 5.56 Å². The second kappa shape index (κ2) is 8.39. The highest BCUT2D eigenvalue weighted by Gasteiger charge is 2.14. The van der Waals surface area contributed by atoms with Gasteiger partial charge in [-0.1, -0.05) is 22.0 Å². The van der Waals surface area contributed by atoms with Gasteiger partial charge in [0.15, 0.2) is 0 Å². The molecule has 0 spiro atoms. The largest absolute Gasteiger partial charge is 0.410 e. The van der Waals surface area contributed by atoms with E-state index >= 15 is 0 Å². The number of hydrogen-bond donors (Lipinski definition) is 2. The van der Waals surface area contributed by atoms with Crippen LogP contribution in [0.3, 0.4) is 0 Å². The molecule has 0 saturated heterocycles. The minimum absolute atomic E-state index is 0.0108. The molecule has 0 saturated carbocycles. The van der Waals surface area contributed by atoms with E-state index in [1.54, 1.807) is 12.1 Å². The third kappa shape index (κ3) is 5.78. The number of ether oxygens (including phenoxy) is 1. The zero-order valence-corrected chi connectivity index (χ0v) is 15.1. The first-order chi connectivity index (χ1) is 11.8. The smallest absolute Gasteiger partial charge is 0.409 e. The molecule has 7 nitrogen and oxygen atoms in total. The maximum absolute atomic E-state index is 13.8. The molecule has 134 valence electrons. The van der Waals surface area contributed by atoms with Crippen molar-refractivity contribution in [2.24, 2.45) is 5.73 Å². The van der Waals surface area contributed by atoms with Gasteiger partial charge in [-0.05, 0) is 30.3 Å². The molecule has 0 unspecified atom stereocenters. The highest BCUT2D eigenvalue weighted by atomic mass is 79.9. The number of nitrogens with two attached hydrogens (primary N) is 1. The summed E-state index contributed by atoms with van der Waals surface area (Å²) in [6.07, 6.45) is -1.04. The summed E-state index contributed by atoms with van der Waals surface area (Å²) in [5.74, 6) is -0.662. The summed E-state index contributed by atoms with van der Waals surface area (Å²) in [6, 6.07) is 9.70. The molecule has 0 aromatic heterocycles. The molecule has 2 aromatic rings. The van der Waals surface area contributed by atoms with Gasteiger partial charge in [0.1, 0.15) is 18.3 Å². The van der Waals surface area contributed by atoms with Gasteiger partial charge < -0.3 is 10.5 Å². The molecule has 0 bridgehead atoms. The molecule has 0 heterocycles. The van der Waals surface area contributed by atoms with Crippen LogP contribution in [-0.2, 0) is 20.8 Å². The standard InChI is InChI=1S/C15H14BrFN2O5S/c16-11-2-5-13(6-3-11)25(21,22)23-9-19-8-10-1-4-12(7-14(10)17)24-15(18)20/h1-7,19H,8-9H2,(H2,18,20). The molecule has 0 atom stereocenters. The van der Waals surface area contributed by atoms with Crippen molar-refractivity contribution in [3.05, 3.63) is 58.3 Å². The summed E-state index contributed by atoms with van der Waals surface area (Å²) < 4.78 is 47.9. The van der Waals surface area contributed by atoms with E-state index in [0.717, 1.165) is 10.5 Å². The number of rotatable bonds is 7. The van der Waals surface area contributed by atoms with E-state index in [2.05, 4.69) is 26.0 Å². The van der Waals surface area contributed by atoms with E-state index in [9.17, 15) is 17.6 Å². The first-order valence-corrected chi connectivity index (χ1v) is 9.09. The van der Waals surface area contributed by atoms with Gasteiger partial charge in [-0.25, -0.2) is 9.18 Å². The predicted octanol–water partition coefficient (Wildman–Crippen LogP) is 2.50. The Kier molecular flexibility index (Phi) is 6.48. The highest BCUT2D eigenvalue weighted by Crippen LogP contribution is 2.18. The van der Waals surface area contributed by atoms with Crippen molar-refractivity contribution < 1.29 is 26.5 Å². The van der Waals surface area contributed by atoms with Crippen molar-refractivity contribution in [1.82, 2.24) is 5.32 Å². The third-order valence-electron chi connectivity index (χ3n) is 2.98. The van der Waals surface area contributed by atoms with Crippen LogP contribution in [0.15, 0.2) is 51.8 Å². The Morgan fingerprint density at radius 3 is 2.48 bits per heavy atom. The molecule has 10 heteroatoms. The molecule has 1 amide bonds. The Morgan fingerprint density at radius 1 is 1.20 bits per heavy atom. The summed E-state index contributed by atoms with van der Waals surface area (Å²) in [5.41, 5.74) is 5.07. The maximum atomic E-state index is 13.8. The van der Waals surface area contributed by atoms with Gasteiger partial charge in [0, 0.05) is 22.6 Å². The lowest BCUT2D eigenvalue weighted by Gasteiger charge is -2.09. The van der Waals surface area contributed by atoms with Crippen LogP contribution < -0.4 is 15.8 Å². The van der Waals surface area contributed by atoms with Crippen LogP contribution in [0, 0.1) is 5.82 Å². The lowest BCUT2D eigenvalue weighted by Crippen LogP contribution is -2.21. The molecular formula is C15H14BrFN2O5S. The van der Waals surface area contributed by atoms with Gasteiger partial charge in [0.05, 0.1) is 4.90 Å². The van der Waals surface area contributed by atoms with E-state index in [-0.39, 0.29) is 29.5 Å². The summed E-state index contributed by atoms with van der Waals surface area (Å²) >= 11 is 3.21. The first-order valence-electron chi connectivity index (χ1n) is 6.89. The van der Waals surface area contributed by atoms with Gasteiger partial charge in [0.2, 0.25) is 0 Å². The fraction of sp³-hybridized carbons (Fsp3) is 0.133. The molecular weight excluding hydrogens is 419 g/mol. The van der Waals surface area contributed by atoms with Crippen molar-refractivity contribution >= 4 is 32.1 Å². The topological polar surface area (TPSA) is 108 Å². The summed E-state index contributed by atoms with van der Waals surface area (Å²) in [4.78, 5) is 10.6. The summed E-state index contributed by atoms with van der Waals surface area (Å²) in [5, 5.41) is 2.66. The highest BCUT2D eigenvalue weighted by molar-refractivity contribution is 9.10. The summed E-state index contributed by atoms with van der Waals surface area (Å²) in [7, 11) is -3.91. The van der Waals surface area contributed by atoms with Crippen LogP contribution in [0.2, 0.25) is 0 Å². The Bertz CT molecular complexity index is 859. The molecule has 0 aliphatic carbocycles. The quantitative estimate of drug-likeness (QED) is 0.395. The van der Waals surface area contributed by atoms with Crippen molar-refractivity contribution in [3.8, 4) is 5.75 Å². The van der Waals surface area contributed by atoms with Crippen LogP contribution in [-0.4, -0.2) is 21.2 Å². The molecule has 2 rings (SSSR count). The number of benzene rings is 2. The monoisotopic (exact) mass is 432 g/mol. The van der Waals surface area contributed by atoms with Gasteiger partial charge in [-0.3, -0.25) is 9.50 Å². The van der Waals surface area contributed by atoms with Crippen LogP contribution in [0.5, 0.6) is 5.75 Å². The van der Waals surface area contributed by atoms with Gasteiger partial charge >= 0.3 is 6.09 Å². The van der Waals surface area contributed by atoms with E-state index in [1.807, 2.05) is 0 Å². The third-order valence-corrected chi connectivity index (χ3v) is 4.78. The van der Waals surface area contributed by atoms with E-state index in [4.69, 9.17) is 9.92 Å². The molecule has 0 fully saturated rings. The fourth-order valence-corrected chi connectivity index (χ4v) is 2.93. The Morgan fingerprint density at radius 2 is 1.88 bits per heavy atom. The zero-order chi connectivity index (χ0) is 18.4. The number of amides is 1. The second-order valence-corrected chi connectivity index (χ2v) is 7.30. The molecule has 3 N–H and O–H groups in total. The summed E-state index contributed by atoms with van der Waals surface area (Å²) in [6.45, 7) is -0.323. The molecule has 0 radical (unpaired) electrons. The van der Waals surface area contributed by atoms with Crippen LogP contribution in [0.25, 0.3) is 0 Å². The van der Waals surface area contributed by atoms with Gasteiger partial charge in [-0.15, -0.1) is 0 Å². The average Bonchev–Trinajstić information content (AvgIpc) is 2.53. The van der Waals surface area contributed by atoms with Gasteiger partial charge in [0.25, 0.3) is 10.1 Å². The molecule has 0 aliphatic rings. The number of primary amides is 1. The van der Waals surface area contributed by atoms with Crippen LogP contribution >= 0.6 is 15.9 Å². The van der Waals surface area contributed by atoms with Crippen molar-refractivity contribution in [2.75, 3.05) is 6.73 Å². The minimum Gasteiger partial charge on any atom is -0.410 e. The molecule has 0 aliphatic heterocycles. The Hall–Kier alpha value is -2.01. The number of halogens is 2. The van der Waals surface area contributed by atoms with Crippen molar-refractivity contribution in [3.63, 3.8) is 0 Å². The molecule has 2 aromatic carbocycles. The SMILES string of the molecule is NC(=O)Oc1ccc(CNCOS(=O)(=O)c2ccc(Br)cc2)c(F)c1. The number of nitrogens with one attached hydrogen (secondary N) is 1. The van der Waals surface area contributed by atoms with E-state index in [0.29, 0.717) is 0 Å². The van der Waals surface area contributed by atoms with Crippen LogP contribution in [0.4, 0.5) is 9.18 Å². The van der Waals surface area contributed by atoms with Gasteiger partial charge in [-0.2, -0.15) is 8.42 Å².